The van der Waals surface area contributed by atoms with Crippen LogP contribution in [0.4, 0.5) is 0 Å². The van der Waals surface area contributed by atoms with Gasteiger partial charge in [0.1, 0.15) is 24.4 Å². The molecule has 0 radical (unpaired) electrons. The number of rotatable bonds is 2. The molecule has 6 heteroatoms. The third-order valence-electron chi connectivity index (χ3n) is 3.77. The average Bonchev–Trinajstić information content (AvgIpc) is 2.89. The van der Waals surface area contributed by atoms with Crippen molar-refractivity contribution in [2.75, 3.05) is 6.61 Å². The Kier molecular flexibility index (Phi) is 3.49. The maximum Gasteiger partial charge on any atom is 0.163 e. The summed E-state index contributed by atoms with van der Waals surface area (Å²) >= 11 is 0. The van der Waals surface area contributed by atoms with Crippen LogP contribution in [0.2, 0.25) is 0 Å². The van der Waals surface area contributed by atoms with E-state index in [1.165, 1.54) is 0 Å². The predicted molar refractivity (Wildman–Crippen MR) is 71.0 cm³/mol. The van der Waals surface area contributed by atoms with Gasteiger partial charge >= 0.3 is 0 Å². The van der Waals surface area contributed by atoms with E-state index in [0.717, 1.165) is 10.9 Å². The van der Waals surface area contributed by atoms with E-state index in [9.17, 15) is 20.4 Å². The van der Waals surface area contributed by atoms with Gasteiger partial charge in [0, 0.05) is 6.20 Å². The molecular formula is C14H17NO5. The lowest BCUT2D eigenvalue weighted by Gasteiger charge is -2.40. The van der Waals surface area contributed by atoms with Gasteiger partial charge < -0.3 is 29.7 Å². The summed E-state index contributed by atoms with van der Waals surface area (Å²) in [7, 11) is 0. The summed E-state index contributed by atoms with van der Waals surface area (Å²) in [6.45, 7) is -0.430. The van der Waals surface area contributed by atoms with Gasteiger partial charge in [-0.2, -0.15) is 0 Å². The number of para-hydroxylation sites is 1. The highest BCUT2D eigenvalue weighted by molar-refractivity contribution is 5.80. The van der Waals surface area contributed by atoms with Crippen LogP contribution in [0.1, 0.15) is 6.23 Å². The van der Waals surface area contributed by atoms with Crippen molar-refractivity contribution in [2.45, 2.75) is 30.6 Å². The zero-order valence-corrected chi connectivity index (χ0v) is 10.7. The van der Waals surface area contributed by atoms with Crippen LogP contribution in [0.25, 0.3) is 10.9 Å². The van der Waals surface area contributed by atoms with Gasteiger partial charge in [-0.25, -0.2) is 0 Å². The fourth-order valence-electron chi connectivity index (χ4n) is 2.64. The number of hydrogen-bond acceptors (Lipinski definition) is 5. The fourth-order valence-corrected chi connectivity index (χ4v) is 2.64. The molecule has 1 aromatic carbocycles. The van der Waals surface area contributed by atoms with Crippen LogP contribution in [0, 0.1) is 0 Å². The molecule has 2 heterocycles. The Balaban J connectivity index is 2.00. The molecule has 20 heavy (non-hydrogen) atoms. The van der Waals surface area contributed by atoms with Crippen molar-refractivity contribution in [1.82, 2.24) is 4.57 Å². The van der Waals surface area contributed by atoms with Crippen LogP contribution in [0.15, 0.2) is 36.5 Å². The van der Waals surface area contributed by atoms with Crippen molar-refractivity contribution in [2.24, 2.45) is 0 Å². The minimum absolute atomic E-state index is 0.430. The molecule has 2 aromatic rings. The number of hydrogen-bond donors (Lipinski definition) is 4. The van der Waals surface area contributed by atoms with E-state index in [4.69, 9.17) is 4.74 Å². The summed E-state index contributed by atoms with van der Waals surface area (Å²) in [5, 5.41) is 39.9. The van der Waals surface area contributed by atoms with E-state index < -0.39 is 37.3 Å². The van der Waals surface area contributed by atoms with Gasteiger partial charge in [-0.15, -0.1) is 0 Å². The first-order valence-corrected chi connectivity index (χ1v) is 6.49. The van der Waals surface area contributed by atoms with Crippen molar-refractivity contribution in [3.05, 3.63) is 36.5 Å². The lowest BCUT2D eigenvalue weighted by molar-refractivity contribution is -0.250. The summed E-state index contributed by atoms with van der Waals surface area (Å²) in [5.74, 6) is 0. The van der Waals surface area contributed by atoms with Crippen molar-refractivity contribution in [1.29, 1.82) is 0 Å². The number of benzene rings is 1. The summed E-state index contributed by atoms with van der Waals surface area (Å²) in [6, 6.07) is 9.44. The highest BCUT2D eigenvalue weighted by Gasteiger charge is 2.44. The molecule has 3 rings (SSSR count). The molecule has 0 aliphatic carbocycles. The van der Waals surface area contributed by atoms with Gasteiger partial charge in [-0.05, 0) is 17.5 Å². The second kappa shape index (κ2) is 5.16. The largest absolute Gasteiger partial charge is 0.394 e. The minimum Gasteiger partial charge on any atom is -0.394 e. The zero-order chi connectivity index (χ0) is 14.3. The van der Waals surface area contributed by atoms with Gasteiger partial charge in [-0.3, -0.25) is 0 Å². The van der Waals surface area contributed by atoms with Gasteiger partial charge in [0.2, 0.25) is 0 Å². The Hall–Kier alpha value is -1.44. The highest BCUT2D eigenvalue weighted by Crippen LogP contribution is 2.31. The standard InChI is InChI=1S/C14H17NO5/c16-7-10-11(17)12(18)13(19)14(20-10)15-6-5-8-3-1-2-4-9(8)15/h1-6,10-14,16-19H,7H2/t10?,11-,12?,13-,14?/m1/s1. The predicted octanol–water partition coefficient (Wildman–Crippen LogP) is -0.386. The molecule has 1 saturated heterocycles. The van der Waals surface area contributed by atoms with E-state index >= 15 is 0 Å². The maximum atomic E-state index is 10.1. The first-order chi connectivity index (χ1) is 9.63. The van der Waals surface area contributed by atoms with Crippen molar-refractivity contribution >= 4 is 10.9 Å². The SMILES string of the molecule is OCC1OC(n2ccc3ccccc32)[C@H](O)C(O)[C@@H]1O. The molecule has 6 nitrogen and oxygen atoms in total. The molecule has 5 atom stereocenters. The van der Waals surface area contributed by atoms with Crippen LogP contribution in [-0.2, 0) is 4.74 Å². The molecule has 1 fully saturated rings. The quantitative estimate of drug-likeness (QED) is 0.601. The van der Waals surface area contributed by atoms with Crippen LogP contribution >= 0.6 is 0 Å². The lowest BCUT2D eigenvalue weighted by atomic mass is 9.98. The molecule has 0 saturated carbocycles. The van der Waals surface area contributed by atoms with Gasteiger partial charge in [-0.1, -0.05) is 18.2 Å². The fraction of sp³-hybridized carbons (Fsp3) is 0.429. The lowest BCUT2D eigenvalue weighted by Crippen LogP contribution is -2.56. The molecule has 108 valence electrons. The monoisotopic (exact) mass is 279 g/mol. The smallest absolute Gasteiger partial charge is 0.163 e. The molecule has 3 unspecified atom stereocenters. The molecule has 4 N–H and O–H groups in total. The second-order valence-corrected chi connectivity index (χ2v) is 5.00. The van der Waals surface area contributed by atoms with Crippen molar-refractivity contribution in [3.63, 3.8) is 0 Å². The van der Waals surface area contributed by atoms with E-state index in [-0.39, 0.29) is 0 Å². The minimum atomic E-state index is -1.37. The van der Waals surface area contributed by atoms with Gasteiger partial charge in [0.15, 0.2) is 6.23 Å². The molecule has 0 spiro atoms. The normalized spacial score (nSPS) is 34.5. The molecule has 0 amide bonds. The number of aliphatic hydroxyl groups excluding tert-OH is 4. The van der Waals surface area contributed by atoms with Crippen LogP contribution < -0.4 is 0 Å². The summed E-state index contributed by atoms with van der Waals surface area (Å²) in [4.78, 5) is 0. The number of aromatic nitrogens is 1. The molecule has 0 bridgehead atoms. The Morgan fingerprint density at radius 3 is 2.50 bits per heavy atom. The Morgan fingerprint density at radius 2 is 1.75 bits per heavy atom. The third kappa shape index (κ3) is 2.02. The topological polar surface area (TPSA) is 95.1 Å². The zero-order valence-electron chi connectivity index (χ0n) is 10.7. The summed E-state index contributed by atoms with van der Waals surface area (Å²) < 4.78 is 7.23. The average molecular weight is 279 g/mol. The number of fused-ring (bicyclic) bond motifs is 1. The summed E-state index contributed by atoms with van der Waals surface area (Å²) in [5.41, 5.74) is 0.844. The van der Waals surface area contributed by atoms with Crippen molar-refractivity contribution in [3.8, 4) is 0 Å². The number of ether oxygens (including phenoxy) is 1. The van der Waals surface area contributed by atoms with Crippen LogP contribution in [-0.4, -0.2) is 56.0 Å². The first kappa shape index (κ1) is 13.5. The van der Waals surface area contributed by atoms with E-state index in [1.807, 2.05) is 30.3 Å². The van der Waals surface area contributed by atoms with E-state index in [2.05, 4.69) is 0 Å². The Bertz CT molecular complexity index is 596. The molecular weight excluding hydrogens is 262 g/mol. The highest BCUT2D eigenvalue weighted by atomic mass is 16.6. The first-order valence-electron chi connectivity index (χ1n) is 6.49. The van der Waals surface area contributed by atoms with Crippen LogP contribution in [0.3, 0.4) is 0 Å². The third-order valence-corrected chi connectivity index (χ3v) is 3.77. The van der Waals surface area contributed by atoms with Gasteiger partial charge in [0.25, 0.3) is 0 Å². The second-order valence-electron chi connectivity index (χ2n) is 5.00. The maximum absolute atomic E-state index is 10.1. The van der Waals surface area contributed by atoms with Crippen molar-refractivity contribution < 1.29 is 25.2 Å². The van der Waals surface area contributed by atoms with Gasteiger partial charge in [0.05, 0.1) is 12.1 Å². The number of nitrogens with zero attached hydrogens (tertiary/aromatic N) is 1. The molecule has 1 aliphatic rings. The van der Waals surface area contributed by atoms with E-state index in [0.29, 0.717) is 0 Å². The Labute approximate surface area is 115 Å². The molecule has 1 aromatic heterocycles. The summed E-state index contributed by atoms with van der Waals surface area (Å²) in [6.07, 6.45) is -3.99. The van der Waals surface area contributed by atoms with Crippen LogP contribution in [0.5, 0.6) is 0 Å². The van der Waals surface area contributed by atoms with E-state index in [1.54, 1.807) is 10.8 Å². The Morgan fingerprint density at radius 1 is 1.00 bits per heavy atom. The number of aliphatic hydroxyl groups is 4. The molecule has 1 aliphatic heterocycles.